The summed E-state index contributed by atoms with van der Waals surface area (Å²) in [5, 5.41) is 18.2. The van der Waals surface area contributed by atoms with E-state index in [2.05, 4.69) is 0 Å². The van der Waals surface area contributed by atoms with Crippen molar-refractivity contribution in [3.63, 3.8) is 0 Å². The summed E-state index contributed by atoms with van der Waals surface area (Å²) in [6.45, 7) is 0. The summed E-state index contributed by atoms with van der Waals surface area (Å²) in [4.78, 5) is 11.8. The van der Waals surface area contributed by atoms with Crippen molar-refractivity contribution in [1.29, 1.82) is 0 Å². The lowest BCUT2D eigenvalue weighted by molar-refractivity contribution is 0.104. The summed E-state index contributed by atoms with van der Waals surface area (Å²) in [6.07, 6.45) is 3.13. The zero-order chi connectivity index (χ0) is 13.0. The molecule has 2 aromatic rings. The number of allylic oxidation sites excluding steroid dienone is 1. The normalized spacial score (nSPS) is 10.7. The molecule has 0 aromatic heterocycles. The first-order chi connectivity index (χ1) is 8.65. The first-order valence-electron chi connectivity index (χ1n) is 5.45. The minimum absolute atomic E-state index is 0.133. The van der Waals surface area contributed by atoms with Crippen LogP contribution in [-0.2, 0) is 0 Å². The number of rotatable bonds is 3. The smallest absolute Gasteiger partial charge is 0.185 e. The van der Waals surface area contributed by atoms with E-state index < -0.39 is 0 Å². The molecule has 90 valence electrons. The van der Waals surface area contributed by atoms with Crippen molar-refractivity contribution in [2.45, 2.75) is 0 Å². The van der Waals surface area contributed by atoms with Gasteiger partial charge in [0.1, 0.15) is 11.5 Å². The number of hydrogen-bond donors (Lipinski definition) is 2. The van der Waals surface area contributed by atoms with Crippen LogP contribution in [0.5, 0.6) is 11.5 Å². The maximum absolute atomic E-state index is 11.8. The summed E-state index contributed by atoms with van der Waals surface area (Å²) >= 11 is 0. The fraction of sp³-hybridized carbons (Fsp3) is 0. The third kappa shape index (κ3) is 2.98. The van der Waals surface area contributed by atoms with Gasteiger partial charge in [0.05, 0.1) is 0 Å². The van der Waals surface area contributed by atoms with Gasteiger partial charge < -0.3 is 10.2 Å². The molecule has 2 N–H and O–H groups in total. The zero-order valence-electron chi connectivity index (χ0n) is 9.58. The number of phenolic OH excluding ortho intramolecular Hbond substituents is 2. The number of hydrogen-bond acceptors (Lipinski definition) is 3. The number of phenols is 2. The molecule has 0 heterocycles. The highest BCUT2D eigenvalue weighted by Crippen LogP contribution is 2.13. The van der Waals surface area contributed by atoms with E-state index >= 15 is 0 Å². The standard InChI is InChI=1S/C15H12O3/c16-13-6-1-11(2-7-13)3-10-15(18)12-4-8-14(17)9-5-12/h1-10,16-17H/b10-3+. The highest BCUT2D eigenvalue weighted by molar-refractivity contribution is 6.06. The van der Waals surface area contributed by atoms with E-state index in [1.807, 2.05) is 0 Å². The van der Waals surface area contributed by atoms with E-state index in [1.54, 1.807) is 42.5 Å². The number of ketones is 1. The molecule has 0 fully saturated rings. The Morgan fingerprint density at radius 1 is 0.833 bits per heavy atom. The molecule has 0 aliphatic rings. The Hall–Kier alpha value is -2.55. The predicted octanol–water partition coefficient (Wildman–Crippen LogP) is 2.99. The molecule has 0 saturated heterocycles. The second kappa shape index (κ2) is 5.19. The third-order valence-corrected chi connectivity index (χ3v) is 2.47. The Morgan fingerprint density at radius 2 is 1.33 bits per heavy atom. The van der Waals surface area contributed by atoms with Crippen LogP contribution in [0.1, 0.15) is 15.9 Å². The predicted molar refractivity (Wildman–Crippen MR) is 69.6 cm³/mol. The van der Waals surface area contributed by atoms with Gasteiger partial charge in [0.2, 0.25) is 0 Å². The summed E-state index contributed by atoms with van der Waals surface area (Å²) in [5.41, 5.74) is 1.35. The van der Waals surface area contributed by atoms with Crippen molar-refractivity contribution in [1.82, 2.24) is 0 Å². The van der Waals surface area contributed by atoms with Crippen LogP contribution in [0.25, 0.3) is 6.08 Å². The largest absolute Gasteiger partial charge is 0.508 e. The van der Waals surface area contributed by atoms with Crippen LogP contribution < -0.4 is 0 Å². The molecule has 0 unspecified atom stereocenters. The fourth-order valence-corrected chi connectivity index (χ4v) is 1.48. The van der Waals surface area contributed by atoms with Gasteiger partial charge >= 0.3 is 0 Å². The first-order valence-corrected chi connectivity index (χ1v) is 5.45. The minimum Gasteiger partial charge on any atom is -0.508 e. The maximum atomic E-state index is 11.8. The van der Waals surface area contributed by atoms with Gasteiger partial charge in [0, 0.05) is 5.56 Å². The van der Waals surface area contributed by atoms with Crippen molar-refractivity contribution >= 4 is 11.9 Å². The van der Waals surface area contributed by atoms with Crippen LogP contribution in [0.3, 0.4) is 0 Å². The molecule has 0 bridgehead atoms. The second-order valence-electron chi connectivity index (χ2n) is 3.84. The van der Waals surface area contributed by atoms with Gasteiger partial charge in [-0.3, -0.25) is 4.79 Å². The summed E-state index contributed by atoms with van der Waals surface area (Å²) < 4.78 is 0. The Morgan fingerprint density at radius 3 is 1.89 bits per heavy atom. The van der Waals surface area contributed by atoms with E-state index in [0.717, 1.165) is 5.56 Å². The number of carbonyl (C=O) groups excluding carboxylic acids is 1. The van der Waals surface area contributed by atoms with E-state index in [1.165, 1.54) is 18.2 Å². The van der Waals surface area contributed by atoms with Crippen molar-refractivity contribution in [3.05, 3.63) is 65.7 Å². The Labute approximate surface area is 105 Å². The van der Waals surface area contributed by atoms with Gasteiger partial charge in [-0.1, -0.05) is 18.2 Å². The van der Waals surface area contributed by atoms with E-state index in [4.69, 9.17) is 10.2 Å². The molecule has 0 aliphatic carbocycles. The molecule has 18 heavy (non-hydrogen) atoms. The van der Waals surface area contributed by atoms with Crippen molar-refractivity contribution < 1.29 is 15.0 Å². The molecule has 2 rings (SSSR count). The van der Waals surface area contributed by atoms with Gasteiger partial charge in [0.25, 0.3) is 0 Å². The van der Waals surface area contributed by atoms with Gasteiger partial charge in [-0.15, -0.1) is 0 Å². The Kier molecular flexibility index (Phi) is 3.44. The number of benzene rings is 2. The van der Waals surface area contributed by atoms with E-state index in [-0.39, 0.29) is 17.3 Å². The van der Waals surface area contributed by atoms with Crippen LogP contribution in [-0.4, -0.2) is 16.0 Å². The molecule has 2 aromatic carbocycles. The molecular weight excluding hydrogens is 228 g/mol. The van der Waals surface area contributed by atoms with Crippen LogP contribution in [0.15, 0.2) is 54.6 Å². The second-order valence-corrected chi connectivity index (χ2v) is 3.84. The molecule has 0 spiro atoms. The van der Waals surface area contributed by atoms with Gasteiger partial charge in [-0.2, -0.15) is 0 Å². The average molecular weight is 240 g/mol. The summed E-state index contributed by atoms with van der Waals surface area (Å²) in [7, 11) is 0. The SMILES string of the molecule is O=C(/C=C/c1ccc(O)cc1)c1ccc(O)cc1. The lowest BCUT2D eigenvalue weighted by Crippen LogP contribution is -1.92. The lowest BCUT2D eigenvalue weighted by atomic mass is 10.1. The van der Waals surface area contributed by atoms with E-state index in [9.17, 15) is 4.79 Å². The average Bonchev–Trinajstić information content (AvgIpc) is 2.38. The van der Waals surface area contributed by atoms with Gasteiger partial charge in [0.15, 0.2) is 5.78 Å². The maximum Gasteiger partial charge on any atom is 0.185 e. The van der Waals surface area contributed by atoms with Crippen LogP contribution >= 0.6 is 0 Å². The van der Waals surface area contributed by atoms with Crippen molar-refractivity contribution in [2.24, 2.45) is 0 Å². The minimum atomic E-state index is -0.136. The molecule has 0 aliphatic heterocycles. The number of carbonyl (C=O) groups is 1. The topological polar surface area (TPSA) is 57.5 Å². The zero-order valence-corrected chi connectivity index (χ0v) is 9.58. The third-order valence-electron chi connectivity index (χ3n) is 2.47. The molecule has 3 nitrogen and oxygen atoms in total. The molecule has 0 saturated carbocycles. The quantitative estimate of drug-likeness (QED) is 0.640. The van der Waals surface area contributed by atoms with Crippen LogP contribution in [0, 0.1) is 0 Å². The lowest BCUT2D eigenvalue weighted by Gasteiger charge is -1.97. The molecule has 0 radical (unpaired) electrons. The van der Waals surface area contributed by atoms with Gasteiger partial charge in [-0.25, -0.2) is 0 Å². The fourth-order valence-electron chi connectivity index (χ4n) is 1.48. The summed E-state index contributed by atoms with van der Waals surface area (Å²) in [5.74, 6) is 0.189. The highest BCUT2D eigenvalue weighted by atomic mass is 16.3. The monoisotopic (exact) mass is 240 g/mol. The van der Waals surface area contributed by atoms with Gasteiger partial charge in [-0.05, 0) is 48.0 Å². The molecule has 0 atom stereocenters. The highest BCUT2D eigenvalue weighted by Gasteiger charge is 2.00. The van der Waals surface area contributed by atoms with E-state index in [0.29, 0.717) is 5.56 Å². The molecule has 0 amide bonds. The van der Waals surface area contributed by atoms with Crippen molar-refractivity contribution in [2.75, 3.05) is 0 Å². The number of aromatic hydroxyl groups is 2. The summed E-state index contributed by atoms with van der Waals surface area (Å²) in [6, 6.07) is 12.6. The molecular formula is C15H12O3. The molecule has 3 heteroatoms. The van der Waals surface area contributed by atoms with Crippen LogP contribution in [0.4, 0.5) is 0 Å². The Bertz CT molecular complexity index is 566. The Balaban J connectivity index is 2.11. The van der Waals surface area contributed by atoms with Crippen molar-refractivity contribution in [3.8, 4) is 11.5 Å². The van der Waals surface area contributed by atoms with Crippen LogP contribution in [0.2, 0.25) is 0 Å². The first kappa shape index (κ1) is 11.9.